The van der Waals surface area contributed by atoms with Gasteiger partial charge in [0.05, 0.1) is 17.7 Å². The summed E-state index contributed by atoms with van der Waals surface area (Å²) in [5, 5.41) is 8.94. The zero-order chi connectivity index (χ0) is 15.4. The molecule has 1 aliphatic rings. The second-order valence-corrected chi connectivity index (χ2v) is 5.43. The molecule has 0 bridgehead atoms. The van der Waals surface area contributed by atoms with Crippen molar-refractivity contribution in [2.24, 2.45) is 0 Å². The molecule has 0 N–H and O–H groups in total. The van der Waals surface area contributed by atoms with Gasteiger partial charge in [0.25, 0.3) is 5.91 Å². The Hall–Kier alpha value is -2.13. The number of hydrogen-bond donors (Lipinski definition) is 0. The minimum atomic E-state index is -0.0415. The maximum Gasteiger partial charge on any atom is 0.254 e. The van der Waals surface area contributed by atoms with Crippen LogP contribution in [0.1, 0.15) is 17.3 Å². The van der Waals surface area contributed by atoms with Gasteiger partial charge in [0, 0.05) is 46.5 Å². The summed E-state index contributed by atoms with van der Waals surface area (Å²) in [7, 11) is 3.46. The Morgan fingerprint density at radius 3 is 2.48 bits per heavy atom. The third kappa shape index (κ3) is 3.50. The van der Waals surface area contributed by atoms with Gasteiger partial charge in [0.15, 0.2) is 0 Å². The highest BCUT2D eigenvalue weighted by atomic mass is 16.2. The molecule has 0 spiro atoms. The van der Waals surface area contributed by atoms with E-state index >= 15 is 0 Å². The van der Waals surface area contributed by atoms with Crippen LogP contribution in [0.2, 0.25) is 0 Å². The number of rotatable bonds is 3. The minimum Gasteiger partial charge on any atom is -0.354 e. The molecule has 1 unspecified atom stereocenters. The number of nitrogens with zero attached hydrogens (tertiary/aromatic N) is 5. The van der Waals surface area contributed by atoms with Gasteiger partial charge in [-0.3, -0.25) is 9.69 Å². The summed E-state index contributed by atoms with van der Waals surface area (Å²) in [4.78, 5) is 22.1. The van der Waals surface area contributed by atoms with E-state index in [1.54, 1.807) is 25.2 Å². The van der Waals surface area contributed by atoms with Crippen LogP contribution in [0.15, 0.2) is 18.3 Å². The smallest absolute Gasteiger partial charge is 0.254 e. The molecule has 1 amide bonds. The van der Waals surface area contributed by atoms with Crippen LogP contribution in [-0.4, -0.2) is 67.0 Å². The van der Waals surface area contributed by atoms with Gasteiger partial charge in [-0.1, -0.05) is 0 Å². The zero-order valence-electron chi connectivity index (χ0n) is 12.8. The molecular weight excluding hydrogens is 266 g/mol. The first kappa shape index (κ1) is 15.3. The standard InChI is InChI=1S/C15H21N5O/c1-12(10-16)19-6-8-20(9-7-19)14-5-4-13(11-17-14)15(21)18(2)3/h4-5,11-12H,6-9H2,1-3H3. The van der Waals surface area contributed by atoms with Gasteiger partial charge in [0.1, 0.15) is 5.82 Å². The lowest BCUT2D eigenvalue weighted by Gasteiger charge is -2.36. The Labute approximate surface area is 125 Å². The molecule has 0 aromatic carbocycles. The molecule has 2 rings (SSSR count). The molecule has 1 atom stereocenters. The van der Waals surface area contributed by atoms with Crippen molar-refractivity contribution in [2.75, 3.05) is 45.2 Å². The summed E-state index contributed by atoms with van der Waals surface area (Å²) in [5.74, 6) is 0.844. The van der Waals surface area contributed by atoms with E-state index in [1.165, 1.54) is 0 Å². The number of pyridine rings is 1. The highest BCUT2D eigenvalue weighted by molar-refractivity contribution is 5.93. The molecule has 2 heterocycles. The lowest BCUT2D eigenvalue weighted by atomic mass is 10.2. The summed E-state index contributed by atoms with van der Waals surface area (Å²) in [6.07, 6.45) is 1.63. The highest BCUT2D eigenvalue weighted by Gasteiger charge is 2.21. The van der Waals surface area contributed by atoms with Crippen LogP contribution in [0, 0.1) is 11.3 Å². The number of piperazine rings is 1. The molecule has 1 aromatic rings. The molecular formula is C15H21N5O. The molecule has 0 saturated carbocycles. The van der Waals surface area contributed by atoms with Gasteiger partial charge in [-0.15, -0.1) is 0 Å². The van der Waals surface area contributed by atoms with Gasteiger partial charge in [-0.25, -0.2) is 4.98 Å². The fourth-order valence-corrected chi connectivity index (χ4v) is 2.38. The first-order chi connectivity index (χ1) is 10.0. The van der Waals surface area contributed by atoms with Gasteiger partial charge < -0.3 is 9.80 Å². The predicted molar refractivity (Wildman–Crippen MR) is 81.1 cm³/mol. The molecule has 0 aliphatic carbocycles. The van der Waals surface area contributed by atoms with Crippen LogP contribution in [0.3, 0.4) is 0 Å². The second kappa shape index (κ2) is 6.55. The number of carbonyl (C=O) groups is 1. The Balaban J connectivity index is 1.98. The summed E-state index contributed by atoms with van der Waals surface area (Å²) in [6.45, 7) is 5.33. The zero-order valence-corrected chi connectivity index (χ0v) is 12.8. The largest absolute Gasteiger partial charge is 0.354 e. The van der Waals surface area contributed by atoms with Crippen molar-refractivity contribution in [3.8, 4) is 6.07 Å². The molecule has 6 heteroatoms. The van der Waals surface area contributed by atoms with Gasteiger partial charge in [-0.05, 0) is 19.1 Å². The Kier molecular flexibility index (Phi) is 4.76. The average molecular weight is 287 g/mol. The minimum absolute atomic E-state index is 0.0401. The van der Waals surface area contributed by atoms with Crippen LogP contribution in [0.5, 0.6) is 0 Å². The maximum atomic E-state index is 11.8. The number of aromatic nitrogens is 1. The Morgan fingerprint density at radius 2 is 2.00 bits per heavy atom. The lowest BCUT2D eigenvalue weighted by Crippen LogP contribution is -2.49. The quantitative estimate of drug-likeness (QED) is 0.823. The van der Waals surface area contributed by atoms with E-state index in [9.17, 15) is 4.79 Å². The molecule has 1 saturated heterocycles. The van der Waals surface area contributed by atoms with E-state index in [1.807, 2.05) is 19.1 Å². The predicted octanol–water partition coefficient (Wildman–Crippen LogP) is 0.817. The highest BCUT2D eigenvalue weighted by Crippen LogP contribution is 2.15. The molecule has 6 nitrogen and oxygen atoms in total. The maximum absolute atomic E-state index is 11.8. The molecule has 1 fully saturated rings. The lowest BCUT2D eigenvalue weighted by molar-refractivity contribution is 0.0827. The SMILES string of the molecule is CC(C#N)N1CCN(c2ccc(C(=O)N(C)C)cn2)CC1. The van der Waals surface area contributed by atoms with E-state index in [0.717, 1.165) is 32.0 Å². The van der Waals surface area contributed by atoms with Crippen molar-refractivity contribution < 1.29 is 4.79 Å². The van der Waals surface area contributed by atoms with Crippen LogP contribution in [0.25, 0.3) is 0 Å². The summed E-state index contributed by atoms with van der Waals surface area (Å²) in [6, 6.07) is 5.93. The van der Waals surface area contributed by atoms with Crippen LogP contribution < -0.4 is 4.90 Å². The van der Waals surface area contributed by atoms with Crippen molar-refractivity contribution in [1.82, 2.24) is 14.8 Å². The molecule has 1 aliphatic heterocycles. The second-order valence-electron chi connectivity index (χ2n) is 5.43. The first-order valence-electron chi connectivity index (χ1n) is 7.09. The number of carbonyl (C=O) groups excluding carboxylic acids is 1. The van der Waals surface area contributed by atoms with E-state index in [2.05, 4.69) is 20.9 Å². The molecule has 1 aromatic heterocycles. The third-order valence-electron chi connectivity index (χ3n) is 3.77. The van der Waals surface area contributed by atoms with Gasteiger partial charge in [-0.2, -0.15) is 5.26 Å². The normalized spacial score (nSPS) is 17.1. The monoisotopic (exact) mass is 287 g/mol. The first-order valence-corrected chi connectivity index (χ1v) is 7.09. The number of nitriles is 1. The summed E-state index contributed by atoms with van der Waals surface area (Å²) < 4.78 is 0. The van der Waals surface area contributed by atoms with Crippen molar-refractivity contribution in [3.63, 3.8) is 0 Å². The fraction of sp³-hybridized carbons (Fsp3) is 0.533. The van der Waals surface area contributed by atoms with E-state index in [0.29, 0.717) is 5.56 Å². The molecule has 0 radical (unpaired) electrons. The average Bonchev–Trinajstić information content (AvgIpc) is 2.53. The van der Waals surface area contributed by atoms with Crippen molar-refractivity contribution in [3.05, 3.63) is 23.9 Å². The number of amides is 1. The topological polar surface area (TPSA) is 63.5 Å². The third-order valence-corrected chi connectivity index (χ3v) is 3.77. The van der Waals surface area contributed by atoms with Gasteiger partial charge in [0.2, 0.25) is 0 Å². The van der Waals surface area contributed by atoms with Crippen LogP contribution >= 0.6 is 0 Å². The summed E-state index contributed by atoms with van der Waals surface area (Å²) in [5.41, 5.74) is 0.598. The molecule has 112 valence electrons. The van der Waals surface area contributed by atoms with Crippen molar-refractivity contribution in [2.45, 2.75) is 13.0 Å². The van der Waals surface area contributed by atoms with Crippen molar-refractivity contribution in [1.29, 1.82) is 5.26 Å². The Morgan fingerprint density at radius 1 is 1.33 bits per heavy atom. The van der Waals surface area contributed by atoms with Crippen LogP contribution in [-0.2, 0) is 0 Å². The molecule has 21 heavy (non-hydrogen) atoms. The number of hydrogen-bond acceptors (Lipinski definition) is 5. The number of anilines is 1. The van der Waals surface area contributed by atoms with E-state index < -0.39 is 0 Å². The summed E-state index contributed by atoms with van der Waals surface area (Å²) >= 11 is 0. The van der Waals surface area contributed by atoms with E-state index in [4.69, 9.17) is 5.26 Å². The van der Waals surface area contributed by atoms with Crippen molar-refractivity contribution >= 4 is 11.7 Å². The Bertz CT molecular complexity index is 526. The van der Waals surface area contributed by atoms with E-state index in [-0.39, 0.29) is 11.9 Å². The fourth-order valence-electron chi connectivity index (χ4n) is 2.38. The van der Waals surface area contributed by atoms with Gasteiger partial charge >= 0.3 is 0 Å². The van der Waals surface area contributed by atoms with Crippen LogP contribution in [0.4, 0.5) is 5.82 Å².